The highest BCUT2D eigenvalue weighted by atomic mass is 16.5. The van der Waals surface area contributed by atoms with Crippen LogP contribution in [0.2, 0.25) is 0 Å². The number of nitrogens with two attached hydrogens (primary N) is 1. The maximum Gasteiger partial charge on any atom is 0.307 e. The van der Waals surface area contributed by atoms with Crippen molar-refractivity contribution in [1.29, 1.82) is 0 Å². The number of para-hydroxylation sites is 1. The highest BCUT2D eigenvalue weighted by Crippen LogP contribution is 2.15. The summed E-state index contributed by atoms with van der Waals surface area (Å²) < 4.78 is 4.61. The number of carbonyl (C=O) groups is 2. The van der Waals surface area contributed by atoms with E-state index in [1.54, 1.807) is 29.2 Å². The Morgan fingerprint density at radius 3 is 2.50 bits per heavy atom. The molecular weight excluding hydrogens is 256 g/mol. The summed E-state index contributed by atoms with van der Waals surface area (Å²) in [6.45, 7) is 4.95. The van der Waals surface area contributed by atoms with Crippen LogP contribution < -0.4 is 5.73 Å². The van der Waals surface area contributed by atoms with Crippen molar-refractivity contribution >= 4 is 17.6 Å². The van der Waals surface area contributed by atoms with Gasteiger partial charge in [0.1, 0.15) is 0 Å². The van der Waals surface area contributed by atoms with E-state index < -0.39 is 0 Å². The van der Waals surface area contributed by atoms with Gasteiger partial charge in [-0.2, -0.15) is 0 Å². The first-order valence-corrected chi connectivity index (χ1v) is 6.66. The van der Waals surface area contributed by atoms with Gasteiger partial charge in [-0.25, -0.2) is 0 Å². The Morgan fingerprint density at radius 2 is 1.95 bits per heavy atom. The molecule has 0 aliphatic carbocycles. The summed E-state index contributed by atoms with van der Waals surface area (Å²) in [6.07, 6.45) is 0.182. The third-order valence-electron chi connectivity index (χ3n) is 2.88. The van der Waals surface area contributed by atoms with Crippen molar-refractivity contribution in [3.63, 3.8) is 0 Å². The molecule has 0 aliphatic rings. The third kappa shape index (κ3) is 4.57. The van der Waals surface area contributed by atoms with Crippen LogP contribution in [0.1, 0.15) is 30.6 Å². The topological polar surface area (TPSA) is 72.6 Å². The Balaban J connectivity index is 2.84. The third-order valence-corrected chi connectivity index (χ3v) is 2.88. The molecule has 5 heteroatoms. The van der Waals surface area contributed by atoms with Crippen molar-refractivity contribution in [3.8, 4) is 0 Å². The fraction of sp³-hybridized carbons (Fsp3) is 0.467. The number of rotatable bonds is 6. The first-order chi connectivity index (χ1) is 9.45. The minimum absolute atomic E-state index is 0.152. The number of amides is 1. The van der Waals surface area contributed by atoms with Crippen LogP contribution in [-0.4, -0.2) is 37.0 Å². The molecule has 1 rings (SSSR count). The molecule has 0 radical (unpaired) electrons. The van der Waals surface area contributed by atoms with Gasteiger partial charge < -0.3 is 15.4 Å². The van der Waals surface area contributed by atoms with E-state index in [0.29, 0.717) is 30.3 Å². The van der Waals surface area contributed by atoms with Crippen molar-refractivity contribution in [3.05, 3.63) is 29.8 Å². The molecule has 0 atom stereocenters. The normalized spacial score (nSPS) is 10.4. The minimum Gasteiger partial charge on any atom is -0.469 e. The van der Waals surface area contributed by atoms with E-state index in [1.807, 2.05) is 13.8 Å². The van der Waals surface area contributed by atoms with E-state index in [4.69, 9.17) is 5.73 Å². The zero-order chi connectivity index (χ0) is 15.1. The molecule has 1 aromatic rings. The van der Waals surface area contributed by atoms with Crippen LogP contribution in [0.25, 0.3) is 0 Å². The summed E-state index contributed by atoms with van der Waals surface area (Å²) in [5.41, 5.74) is 6.75. The van der Waals surface area contributed by atoms with Gasteiger partial charge in [-0.1, -0.05) is 26.0 Å². The number of nitrogen functional groups attached to an aromatic ring is 1. The number of hydrogen-bond acceptors (Lipinski definition) is 4. The second kappa shape index (κ2) is 7.53. The van der Waals surface area contributed by atoms with Crippen LogP contribution in [-0.2, 0) is 9.53 Å². The maximum atomic E-state index is 12.5. The molecule has 0 saturated heterocycles. The molecule has 0 saturated carbocycles. The molecule has 110 valence electrons. The lowest BCUT2D eigenvalue weighted by atomic mass is 10.1. The predicted octanol–water partition coefficient (Wildman–Crippen LogP) is 1.93. The van der Waals surface area contributed by atoms with Crippen LogP contribution >= 0.6 is 0 Å². The number of anilines is 1. The zero-order valence-corrected chi connectivity index (χ0v) is 12.3. The quantitative estimate of drug-likeness (QED) is 0.637. The van der Waals surface area contributed by atoms with Gasteiger partial charge in [0.25, 0.3) is 5.91 Å². The molecule has 5 nitrogen and oxygen atoms in total. The van der Waals surface area contributed by atoms with Gasteiger partial charge in [0.05, 0.1) is 19.1 Å². The van der Waals surface area contributed by atoms with E-state index in [1.165, 1.54) is 7.11 Å². The van der Waals surface area contributed by atoms with Gasteiger partial charge in [0.15, 0.2) is 0 Å². The molecule has 0 spiro atoms. The average Bonchev–Trinajstić information content (AvgIpc) is 2.42. The Morgan fingerprint density at radius 1 is 1.30 bits per heavy atom. The molecule has 0 aromatic heterocycles. The second-order valence-corrected chi connectivity index (χ2v) is 5.06. The molecule has 0 unspecified atom stereocenters. The number of hydrogen-bond donors (Lipinski definition) is 1. The van der Waals surface area contributed by atoms with Gasteiger partial charge in [-0.15, -0.1) is 0 Å². The van der Waals surface area contributed by atoms with Crippen molar-refractivity contribution in [1.82, 2.24) is 4.90 Å². The van der Waals surface area contributed by atoms with Crippen LogP contribution in [0.5, 0.6) is 0 Å². The lowest BCUT2D eigenvalue weighted by Crippen LogP contribution is -2.36. The fourth-order valence-corrected chi connectivity index (χ4v) is 1.91. The number of methoxy groups -OCH3 is 1. The first kappa shape index (κ1) is 16.0. The molecule has 0 bridgehead atoms. The van der Waals surface area contributed by atoms with Crippen LogP contribution in [0.4, 0.5) is 5.69 Å². The van der Waals surface area contributed by atoms with Crippen LogP contribution in [0, 0.1) is 5.92 Å². The summed E-state index contributed by atoms with van der Waals surface area (Å²) in [6, 6.07) is 6.95. The van der Waals surface area contributed by atoms with Gasteiger partial charge in [-0.3, -0.25) is 9.59 Å². The Hall–Kier alpha value is -2.04. The highest BCUT2D eigenvalue weighted by molar-refractivity contribution is 5.99. The predicted molar refractivity (Wildman–Crippen MR) is 78.2 cm³/mol. The van der Waals surface area contributed by atoms with Crippen molar-refractivity contribution in [2.24, 2.45) is 5.92 Å². The summed E-state index contributed by atoms with van der Waals surface area (Å²) in [5.74, 6) is -0.171. The van der Waals surface area contributed by atoms with Crippen molar-refractivity contribution < 1.29 is 14.3 Å². The SMILES string of the molecule is COC(=O)CCN(CC(C)C)C(=O)c1ccccc1N. The molecule has 2 N–H and O–H groups in total. The van der Waals surface area contributed by atoms with Crippen molar-refractivity contribution in [2.75, 3.05) is 25.9 Å². The maximum absolute atomic E-state index is 12.5. The number of ether oxygens (including phenoxy) is 1. The largest absolute Gasteiger partial charge is 0.469 e. The van der Waals surface area contributed by atoms with Gasteiger partial charge in [-0.05, 0) is 18.1 Å². The van der Waals surface area contributed by atoms with E-state index >= 15 is 0 Å². The first-order valence-electron chi connectivity index (χ1n) is 6.66. The second-order valence-electron chi connectivity index (χ2n) is 5.06. The Labute approximate surface area is 119 Å². The average molecular weight is 278 g/mol. The van der Waals surface area contributed by atoms with Gasteiger partial charge >= 0.3 is 5.97 Å². The minimum atomic E-state index is -0.326. The molecule has 0 aliphatic heterocycles. The summed E-state index contributed by atoms with van der Waals surface area (Å²) >= 11 is 0. The lowest BCUT2D eigenvalue weighted by Gasteiger charge is -2.24. The Bertz CT molecular complexity index is 472. The molecular formula is C15H22N2O3. The highest BCUT2D eigenvalue weighted by Gasteiger charge is 2.19. The summed E-state index contributed by atoms with van der Waals surface area (Å²) in [5, 5.41) is 0. The van der Waals surface area contributed by atoms with E-state index in [-0.39, 0.29) is 18.3 Å². The standard InChI is InChI=1S/C15H22N2O3/c1-11(2)10-17(9-8-14(18)20-3)15(19)12-6-4-5-7-13(12)16/h4-7,11H,8-10,16H2,1-3H3. The lowest BCUT2D eigenvalue weighted by molar-refractivity contribution is -0.140. The zero-order valence-electron chi connectivity index (χ0n) is 12.3. The van der Waals surface area contributed by atoms with Gasteiger partial charge in [0.2, 0.25) is 0 Å². The summed E-state index contributed by atoms with van der Waals surface area (Å²) in [7, 11) is 1.34. The van der Waals surface area contributed by atoms with Gasteiger partial charge in [0, 0.05) is 18.8 Å². The number of carbonyl (C=O) groups excluding carboxylic acids is 2. The molecule has 20 heavy (non-hydrogen) atoms. The Kier molecular flexibility index (Phi) is 6.03. The van der Waals surface area contributed by atoms with Crippen LogP contribution in [0.3, 0.4) is 0 Å². The van der Waals surface area contributed by atoms with Crippen molar-refractivity contribution in [2.45, 2.75) is 20.3 Å². The fourth-order valence-electron chi connectivity index (χ4n) is 1.91. The smallest absolute Gasteiger partial charge is 0.307 e. The monoisotopic (exact) mass is 278 g/mol. The molecule has 0 fully saturated rings. The van der Waals surface area contributed by atoms with Crippen LogP contribution in [0.15, 0.2) is 24.3 Å². The number of esters is 1. The van der Waals surface area contributed by atoms with E-state index in [9.17, 15) is 9.59 Å². The number of nitrogens with zero attached hydrogens (tertiary/aromatic N) is 1. The number of benzene rings is 1. The summed E-state index contributed by atoms with van der Waals surface area (Å²) in [4.78, 5) is 25.4. The molecule has 1 aromatic carbocycles. The molecule has 0 heterocycles. The van der Waals surface area contributed by atoms with E-state index in [0.717, 1.165) is 0 Å². The van der Waals surface area contributed by atoms with E-state index in [2.05, 4.69) is 4.74 Å². The molecule has 1 amide bonds.